The van der Waals surface area contributed by atoms with E-state index in [-0.39, 0.29) is 17.9 Å². The molecular weight excluding hydrogens is 324 g/mol. The van der Waals surface area contributed by atoms with Crippen LogP contribution in [-0.4, -0.2) is 41.6 Å². The maximum Gasteiger partial charge on any atom is 0.407 e. The molecule has 2 amide bonds. The average Bonchev–Trinajstić information content (AvgIpc) is 3.08. The van der Waals surface area contributed by atoms with Gasteiger partial charge >= 0.3 is 6.09 Å². The number of carbonyl (C=O) groups excluding carboxylic acids is 2. The molecule has 6 heteroatoms. The quantitative estimate of drug-likeness (QED) is 0.899. The number of alkyl carbamates (subject to hydrolysis) is 1. The molecule has 1 aliphatic rings. The standard InChI is InChI=1S/C18H28N2O3S/c1-6-14-7-8-24-15(14)16(21)20-11-13(9-12(20)2)10-19-17(22)23-18(3,4)5/h7-8,12-13H,6,9-11H2,1-5H3,(H,19,22). The first-order valence-corrected chi connectivity index (χ1v) is 9.43. The van der Waals surface area contributed by atoms with E-state index in [1.54, 1.807) is 0 Å². The van der Waals surface area contributed by atoms with Gasteiger partial charge in [0.1, 0.15) is 5.60 Å². The first-order chi connectivity index (χ1) is 11.2. The van der Waals surface area contributed by atoms with Crippen LogP contribution in [0.3, 0.4) is 0 Å². The van der Waals surface area contributed by atoms with Gasteiger partial charge in [0.2, 0.25) is 0 Å². The number of likely N-dealkylation sites (tertiary alicyclic amines) is 1. The molecule has 1 aromatic heterocycles. The van der Waals surface area contributed by atoms with E-state index in [2.05, 4.69) is 19.2 Å². The third kappa shape index (κ3) is 4.72. The monoisotopic (exact) mass is 352 g/mol. The maximum absolute atomic E-state index is 12.8. The fourth-order valence-electron chi connectivity index (χ4n) is 3.05. The Morgan fingerprint density at radius 2 is 2.12 bits per heavy atom. The van der Waals surface area contributed by atoms with Gasteiger partial charge in [-0.1, -0.05) is 6.92 Å². The molecule has 0 saturated carbocycles. The largest absolute Gasteiger partial charge is 0.444 e. The molecule has 1 N–H and O–H groups in total. The lowest BCUT2D eigenvalue weighted by atomic mass is 10.1. The molecule has 0 radical (unpaired) electrons. The maximum atomic E-state index is 12.8. The highest BCUT2D eigenvalue weighted by Gasteiger charge is 2.34. The van der Waals surface area contributed by atoms with Gasteiger partial charge in [0.15, 0.2) is 0 Å². The second kappa shape index (κ2) is 7.55. The third-order valence-corrected chi connectivity index (χ3v) is 5.12. The smallest absolute Gasteiger partial charge is 0.407 e. The Hall–Kier alpha value is -1.56. The molecule has 24 heavy (non-hydrogen) atoms. The number of amides is 2. The van der Waals surface area contributed by atoms with Crippen LogP contribution in [0.15, 0.2) is 11.4 Å². The summed E-state index contributed by atoms with van der Waals surface area (Å²) in [5.74, 6) is 0.385. The summed E-state index contributed by atoms with van der Waals surface area (Å²) < 4.78 is 5.26. The van der Waals surface area contributed by atoms with E-state index in [0.29, 0.717) is 13.1 Å². The molecule has 1 saturated heterocycles. The Morgan fingerprint density at radius 3 is 2.75 bits per heavy atom. The molecule has 0 bridgehead atoms. The number of thiophene rings is 1. The number of hydrogen-bond donors (Lipinski definition) is 1. The van der Waals surface area contributed by atoms with Crippen LogP contribution < -0.4 is 5.32 Å². The fourth-order valence-corrected chi connectivity index (χ4v) is 4.00. The van der Waals surface area contributed by atoms with Crippen LogP contribution in [0.1, 0.15) is 56.3 Å². The summed E-state index contributed by atoms with van der Waals surface area (Å²) in [4.78, 5) is 27.4. The number of nitrogens with zero attached hydrogens (tertiary/aromatic N) is 1. The van der Waals surface area contributed by atoms with Gasteiger partial charge in [-0.05, 0) is 63.5 Å². The minimum atomic E-state index is -0.495. The highest BCUT2D eigenvalue weighted by molar-refractivity contribution is 7.12. The van der Waals surface area contributed by atoms with Gasteiger partial charge < -0.3 is 15.0 Å². The number of hydrogen-bond acceptors (Lipinski definition) is 4. The predicted molar refractivity (Wildman–Crippen MR) is 96.5 cm³/mol. The summed E-state index contributed by atoms with van der Waals surface area (Å²) in [6.45, 7) is 10.9. The second-order valence-electron chi connectivity index (χ2n) is 7.42. The van der Waals surface area contributed by atoms with Crippen LogP contribution >= 0.6 is 11.3 Å². The highest BCUT2D eigenvalue weighted by Crippen LogP contribution is 2.27. The molecule has 0 aliphatic carbocycles. The molecule has 2 unspecified atom stereocenters. The summed E-state index contributed by atoms with van der Waals surface area (Å²) in [5.41, 5.74) is 0.623. The van der Waals surface area contributed by atoms with Crippen molar-refractivity contribution in [3.8, 4) is 0 Å². The molecule has 134 valence electrons. The lowest BCUT2D eigenvalue weighted by Crippen LogP contribution is -2.37. The van der Waals surface area contributed by atoms with Crippen LogP contribution in [0.4, 0.5) is 4.79 Å². The average molecular weight is 353 g/mol. The molecule has 1 fully saturated rings. The van der Waals surface area contributed by atoms with Gasteiger partial charge in [0.05, 0.1) is 4.88 Å². The summed E-state index contributed by atoms with van der Waals surface area (Å²) in [6.07, 6.45) is 1.37. The normalized spacial score (nSPS) is 21.0. The number of aryl methyl sites for hydroxylation is 1. The third-order valence-electron chi connectivity index (χ3n) is 4.18. The molecule has 2 heterocycles. The Morgan fingerprint density at radius 1 is 1.42 bits per heavy atom. The van der Waals surface area contributed by atoms with Crippen LogP contribution in [0.2, 0.25) is 0 Å². The van der Waals surface area contributed by atoms with E-state index in [4.69, 9.17) is 4.74 Å². The van der Waals surface area contributed by atoms with Crippen molar-refractivity contribution >= 4 is 23.3 Å². The number of rotatable bonds is 4. The summed E-state index contributed by atoms with van der Waals surface area (Å²) in [5, 5.41) is 4.80. The Balaban J connectivity index is 1.90. The van der Waals surface area contributed by atoms with Crippen LogP contribution in [0.5, 0.6) is 0 Å². The Bertz CT molecular complexity index is 591. The molecular formula is C18H28N2O3S. The zero-order chi connectivity index (χ0) is 17.9. The SMILES string of the molecule is CCc1ccsc1C(=O)N1CC(CNC(=O)OC(C)(C)C)CC1C. The first-order valence-electron chi connectivity index (χ1n) is 8.55. The van der Waals surface area contributed by atoms with E-state index in [0.717, 1.165) is 23.3 Å². The van der Waals surface area contributed by atoms with Gasteiger partial charge in [-0.3, -0.25) is 4.79 Å². The minimum Gasteiger partial charge on any atom is -0.444 e. The van der Waals surface area contributed by atoms with Gasteiger partial charge in [0.25, 0.3) is 5.91 Å². The lowest BCUT2D eigenvalue weighted by Gasteiger charge is -2.22. The zero-order valence-corrected chi connectivity index (χ0v) is 16.0. The molecule has 1 aromatic rings. The van der Waals surface area contributed by atoms with E-state index < -0.39 is 11.7 Å². The number of nitrogens with one attached hydrogen (secondary N) is 1. The molecule has 0 aromatic carbocycles. The molecule has 1 aliphatic heterocycles. The van der Waals surface area contributed by atoms with Gasteiger partial charge in [0, 0.05) is 19.1 Å². The predicted octanol–water partition coefficient (Wildman–Crippen LogP) is 3.69. The van der Waals surface area contributed by atoms with Crippen molar-refractivity contribution in [1.29, 1.82) is 0 Å². The molecule has 5 nitrogen and oxygen atoms in total. The molecule has 0 spiro atoms. The van der Waals surface area contributed by atoms with Crippen LogP contribution in [0, 0.1) is 5.92 Å². The van der Waals surface area contributed by atoms with E-state index in [1.165, 1.54) is 11.3 Å². The fraction of sp³-hybridized carbons (Fsp3) is 0.667. The number of carbonyl (C=O) groups is 2. The van der Waals surface area contributed by atoms with Crippen molar-refractivity contribution in [2.24, 2.45) is 5.92 Å². The number of ether oxygens (including phenoxy) is 1. The summed E-state index contributed by atoms with van der Waals surface area (Å²) in [6, 6.07) is 2.22. The van der Waals surface area contributed by atoms with E-state index >= 15 is 0 Å². The van der Waals surface area contributed by atoms with Crippen molar-refractivity contribution in [2.45, 2.75) is 59.1 Å². The molecule has 2 atom stereocenters. The topological polar surface area (TPSA) is 58.6 Å². The Kier molecular flexibility index (Phi) is 5.91. The van der Waals surface area contributed by atoms with Crippen molar-refractivity contribution in [3.63, 3.8) is 0 Å². The van der Waals surface area contributed by atoms with E-state index in [1.807, 2.05) is 37.1 Å². The summed E-state index contributed by atoms with van der Waals surface area (Å²) >= 11 is 1.52. The highest BCUT2D eigenvalue weighted by atomic mass is 32.1. The zero-order valence-electron chi connectivity index (χ0n) is 15.2. The van der Waals surface area contributed by atoms with Gasteiger partial charge in [-0.15, -0.1) is 11.3 Å². The first kappa shape index (κ1) is 18.8. The van der Waals surface area contributed by atoms with Gasteiger partial charge in [-0.25, -0.2) is 4.79 Å². The van der Waals surface area contributed by atoms with E-state index in [9.17, 15) is 9.59 Å². The van der Waals surface area contributed by atoms with Crippen molar-refractivity contribution in [2.75, 3.05) is 13.1 Å². The van der Waals surface area contributed by atoms with Gasteiger partial charge in [-0.2, -0.15) is 0 Å². The van der Waals surface area contributed by atoms with Crippen molar-refractivity contribution in [3.05, 3.63) is 21.9 Å². The lowest BCUT2D eigenvalue weighted by molar-refractivity contribution is 0.0520. The van der Waals surface area contributed by atoms with Crippen molar-refractivity contribution < 1.29 is 14.3 Å². The van der Waals surface area contributed by atoms with Crippen LogP contribution in [-0.2, 0) is 11.2 Å². The van der Waals surface area contributed by atoms with Crippen molar-refractivity contribution in [1.82, 2.24) is 10.2 Å². The molecule has 2 rings (SSSR count). The Labute approximate surface area is 148 Å². The second-order valence-corrected chi connectivity index (χ2v) is 8.34. The minimum absolute atomic E-state index is 0.120. The van der Waals surface area contributed by atoms with Crippen LogP contribution in [0.25, 0.3) is 0 Å². The summed E-state index contributed by atoms with van der Waals surface area (Å²) in [7, 11) is 0.